The minimum Gasteiger partial charge on any atom is -0.495 e. The molecular weight excluding hydrogens is 366 g/mol. The normalized spacial score (nSPS) is 11.6. The van der Waals surface area contributed by atoms with Gasteiger partial charge in [-0.05, 0) is 31.0 Å². The highest BCUT2D eigenvalue weighted by Crippen LogP contribution is 2.30. The number of anilines is 1. The second-order valence-electron chi connectivity index (χ2n) is 6.28. The number of hydrogen-bond donors (Lipinski definition) is 3. The molecule has 0 radical (unpaired) electrons. The van der Waals surface area contributed by atoms with Crippen molar-refractivity contribution in [2.45, 2.75) is 26.3 Å². The summed E-state index contributed by atoms with van der Waals surface area (Å²) >= 11 is 6.06. The summed E-state index contributed by atoms with van der Waals surface area (Å²) in [6.07, 6.45) is 0.108. The van der Waals surface area contributed by atoms with Crippen LogP contribution in [0.5, 0.6) is 5.75 Å². The van der Waals surface area contributed by atoms with Crippen LogP contribution in [0.25, 0.3) is 0 Å². The van der Waals surface area contributed by atoms with Crippen LogP contribution in [0.15, 0.2) is 36.4 Å². The average Bonchev–Trinajstić information content (AvgIpc) is 2.64. The Labute approximate surface area is 164 Å². The lowest BCUT2D eigenvalue weighted by Gasteiger charge is -2.14. The molecule has 0 aromatic heterocycles. The van der Waals surface area contributed by atoms with E-state index < -0.39 is 6.04 Å². The summed E-state index contributed by atoms with van der Waals surface area (Å²) in [4.78, 5) is 24.3. The monoisotopic (exact) mass is 389 g/mol. The van der Waals surface area contributed by atoms with Crippen LogP contribution in [0.1, 0.15) is 29.2 Å². The summed E-state index contributed by atoms with van der Waals surface area (Å²) in [5.74, 6) is -0.102. The number of halogens is 1. The first kappa shape index (κ1) is 20.7. The summed E-state index contributed by atoms with van der Waals surface area (Å²) < 4.78 is 5.23. The quantitative estimate of drug-likeness (QED) is 0.678. The predicted octanol–water partition coefficient (Wildman–Crippen LogP) is 3.11. The minimum absolute atomic E-state index is 0.108. The van der Waals surface area contributed by atoms with Gasteiger partial charge in [-0.25, -0.2) is 0 Å². The molecule has 4 N–H and O–H groups in total. The van der Waals surface area contributed by atoms with E-state index in [4.69, 9.17) is 22.1 Å². The summed E-state index contributed by atoms with van der Waals surface area (Å²) in [6, 6.07) is 10.1. The van der Waals surface area contributed by atoms with Gasteiger partial charge in [0.05, 0.1) is 12.8 Å². The third-order valence-electron chi connectivity index (χ3n) is 4.13. The van der Waals surface area contributed by atoms with Crippen molar-refractivity contribution in [1.29, 1.82) is 0 Å². The van der Waals surface area contributed by atoms with Gasteiger partial charge in [-0.1, -0.05) is 41.4 Å². The standard InChI is InChI=1S/C20H24ClN3O3/c1-12-4-6-14(7-5-12)19(22)20(26)23-9-8-18(25)24-16-10-13(2)15(21)11-17(16)27-3/h4-7,10-11,19H,8-9,22H2,1-3H3,(H,23,26)(H,24,25). The molecule has 2 amide bonds. The van der Waals surface area contributed by atoms with Gasteiger partial charge < -0.3 is 21.1 Å². The molecular formula is C20H24ClN3O3. The molecule has 7 heteroatoms. The van der Waals surface area contributed by atoms with Crippen LogP contribution in [0.4, 0.5) is 5.69 Å². The zero-order chi connectivity index (χ0) is 20.0. The summed E-state index contributed by atoms with van der Waals surface area (Å²) in [6.45, 7) is 3.98. The SMILES string of the molecule is COc1cc(Cl)c(C)cc1NC(=O)CCNC(=O)C(N)c1ccc(C)cc1. The second-order valence-corrected chi connectivity index (χ2v) is 6.69. The highest BCUT2D eigenvalue weighted by Gasteiger charge is 2.16. The molecule has 1 atom stereocenters. The van der Waals surface area contributed by atoms with Crippen molar-refractivity contribution >= 4 is 29.1 Å². The fourth-order valence-electron chi connectivity index (χ4n) is 2.48. The molecule has 2 aromatic carbocycles. The largest absolute Gasteiger partial charge is 0.495 e. The molecule has 0 aliphatic heterocycles. The summed E-state index contributed by atoms with van der Waals surface area (Å²) in [5.41, 5.74) is 9.13. The molecule has 0 saturated heterocycles. The number of nitrogens with two attached hydrogens (primary N) is 1. The molecule has 0 heterocycles. The van der Waals surface area contributed by atoms with Gasteiger partial charge in [0, 0.05) is 24.1 Å². The lowest BCUT2D eigenvalue weighted by atomic mass is 10.1. The average molecular weight is 390 g/mol. The molecule has 2 rings (SSSR count). The van der Waals surface area contributed by atoms with Gasteiger partial charge in [0.1, 0.15) is 11.8 Å². The van der Waals surface area contributed by atoms with Crippen molar-refractivity contribution in [2.24, 2.45) is 5.73 Å². The number of carbonyl (C=O) groups excluding carboxylic acids is 2. The van der Waals surface area contributed by atoms with E-state index in [0.29, 0.717) is 16.5 Å². The maximum atomic E-state index is 12.2. The van der Waals surface area contributed by atoms with Crippen LogP contribution < -0.4 is 21.1 Å². The number of benzene rings is 2. The number of hydrogen-bond acceptors (Lipinski definition) is 4. The van der Waals surface area contributed by atoms with Crippen LogP contribution in [0.2, 0.25) is 5.02 Å². The number of carbonyl (C=O) groups is 2. The molecule has 6 nitrogen and oxygen atoms in total. The number of amides is 2. The third-order valence-corrected chi connectivity index (χ3v) is 4.53. The lowest BCUT2D eigenvalue weighted by molar-refractivity contribution is -0.122. The third kappa shape index (κ3) is 5.70. The van der Waals surface area contributed by atoms with Crippen LogP contribution >= 0.6 is 11.6 Å². The van der Waals surface area contributed by atoms with Gasteiger partial charge in [-0.2, -0.15) is 0 Å². The maximum absolute atomic E-state index is 12.2. The van der Waals surface area contributed by atoms with Gasteiger partial charge >= 0.3 is 0 Å². The Balaban J connectivity index is 1.86. The number of methoxy groups -OCH3 is 1. The number of rotatable bonds is 7. The van der Waals surface area contributed by atoms with E-state index in [1.165, 1.54) is 7.11 Å². The van der Waals surface area contributed by atoms with Crippen molar-refractivity contribution in [3.63, 3.8) is 0 Å². The van der Waals surface area contributed by atoms with Crippen molar-refractivity contribution in [3.8, 4) is 5.75 Å². The summed E-state index contributed by atoms with van der Waals surface area (Å²) in [7, 11) is 1.50. The van der Waals surface area contributed by atoms with Crippen molar-refractivity contribution in [1.82, 2.24) is 5.32 Å². The molecule has 1 unspecified atom stereocenters. The highest BCUT2D eigenvalue weighted by atomic mass is 35.5. The second kappa shape index (κ2) is 9.39. The van der Waals surface area contributed by atoms with Crippen LogP contribution in [0.3, 0.4) is 0 Å². The lowest BCUT2D eigenvalue weighted by Crippen LogP contribution is -2.35. The topological polar surface area (TPSA) is 93.5 Å². The van der Waals surface area contributed by atoms with Gasteiger partial charge in [0.2, 0.25) is 11.8 Å². The van der Waals surface area contributed by atoms with Gasteiger partial charge in [-0.3, -0.25) is 9.59 Å². The van der Waals surface area contributed by atoms with Gasteiger partial charge in [0.25, 0.3) is 0 Å². The first-order chi connectivity index (χ1) is 12.8. The molecule has 0 saturated carbocycles. The molecule has 27 heavy (non-hydrogen) atoms. The van der Waals surface area contributed by atoms with E-state index in [0.717, 1.165) is 16.7 Å². The minimum atomic E-state index is -0.771. The summed E-state index contributed by atoms with van der Waals surface area (Å²) in [5, 5.41) is 6.01. The van der Waals surface area contributed by atoms with E-state index >= 15 is 0 Å². The number of ether oxygens (including phenoxy) is 1. The Morgan fingerprint density at radius 3 is 2.48 bits per heavy atom. The van der Waals surface area contributed by atoms with E-state index in [-0.39, 0.29) is 24.8 Å². The smallest absolute Gasteiger partial charge is 0.241 e. The zero-order valence-corrected chi connectivity index (χ0v) is 16.4. The van der Waals surface area contributed by atoms with Crippen molar-refractivity contribution in [2.75, 3.05) is 19.0 Å². The van der Waals surface area contributed by atoms with Crippen molar-refractivity contribution < 1.29 is 14.3 Å². The fraction of sp³-hybridized carbons (Fsp3) is 0.300. The van der Waals surface area contributed by atoms with Crippen molar-refractivity contribution in [3.05, 3.63) is 58.1 Å². The molecule has 0 fully saturated rings. The molecule has 0 bridgehead atoms. The fourth-order valence-corrected chi connectivity index (χ4v) is 2.63. The van der Waals surface area contributed by atoms with Crippen LogP contribution in [-0.2, 0) is 9.59 Å². The van der Waals surface area contributed by atoms with Crippen LogP contribution in [-0.4, -0.2) is 25.5 Å². The molecule has 0 aliphatic rings. The van der Waals surface area contributed by atoms with Gasteiger partial charge in [-0.15, -0.1) is 0 Å². The molecule has 2 aromatic rings. The van der Waals surface area contributed by atoms with Crippen LogP contribution in [0, 0.1) is 13.8 Å². The Hall–Kier alpha value is -2.57. The van der Waals surface area contributed by atoms with E-state index in [9.17, 15) is 9.59 Å². The molecule has 0 spiro atoms. The number of nitrogens with one attached hydrogen (secondary N) is 2. The first-order valence-corrected chi connectivity index (χ1v) is 8.93. The Morgan fingerprint density at radius 2 is 1.85 bits per heavy atom. The predicted molar refractivity (Wildman–Crippen MR) is 107 cm³/mol. The first-order valence-electron chi connectivity index (χ1n) is 8.55. The molecule has 144 valence electrons. The molecule has 0 aliphatic carbocycles. The zero-order valence-electron chi connectivity index (χ0n) is 15.6. The number of aryl methyl sites for hydroxylation is 2. The Kier molecular flexibility index (Phi) is 7.21. The van der Waals surface area contributed by atoms with E-state index in [1.54, 1.807) is 12.1 Å². The highest BCUT2D eigenvalue weighted by molar-refractivity contribution is 6.31. The van der Waals surface area contributed by atoms with E-state index in [1.807, 2.05) is 38.1 Å². The Bertz CT molecular complexity index is 822. The van der Waals surface area contributed by atoms with E-state index in [2.05, 4.69) is 10.6 Å². The van der Waals surface area contributed by atoms with Gasteiger partial charge in [0.15, 0.2) is 0 Å². The maximum Gasteiger partial charge on any atom is 0.241 e. The Morgan fingerprint density at radius 1 is 1.19 bits per heavy atom.